The summed E-state index contributed by atoms with van der Waals surface area (Å²) in [5, 5.41) is 7.40. The maximum absolute atomic E-state index is 5.61. The van der Waals surface area contributed by atoms with Crippen LogP contribution in [0.25, 0.3) is 0 Å². The average molecular weight is 508 g/mol. The topological polar surface area (TPSA) is 52.1 Å². The number of aliphatic imine (C=N–C) groups is 1. The number of piperidine rings is 1. The molecule has 6 nitrogen and oxygen atoms in total. The van der Waals surface area contributed by atoms with E-state index < -0.39 is 0 Å². The largest absolute Gasteiger partial charge is 0.379 e. The fourth-order valence-corrected chi connectivity index (χ4v) is 5.05. The monoisotopic (exact) mass is 507 g/mol. The van der Waals surface area contributed by atoms with E-state index in [9.17, 15) is 0 Å². The molecular weight excluding hydrogens is 465 g/mol. The van der Waals surface area contributed by atoms with Crippen LogP contribution in [0.5, 0.6) is 0 Å². The van der Waals surface area contributed by atoms with Crippen LogP contribution in [0, 0.1) is 0 Å². The van der Waals surface area contributed by atoms with Gasteiger partial charge in [0.1, 0.15) is 0 Å². The van der Waals surface area contributed by atoms with Crippen LogP contribution in [0.4, 0.5) is 0 Å². The standard InChI is InChI=1S/C21H41N5O.HI/c1-18(2)25-11-7-19(8-12-25)24-20(22-3)23-17-21(9-5-4-6-10-21)26-13-15-27-16-14-26;/h18-19H,4-17H2,1-3H3,(H2,22,23,24);1H. The molecule has 0 aromatic rings. The highest BCUT2D eigenvalue weighted by Crippen LogP contribution is 2.33. The van der Waals surface area contributed by atoms with Crippen molar-refractivity contribution < 1.29 is 4.74 Å². The van der Waals surface area contributed by atoms with E-state index in [1.165, 1.54) is 58.0 Å². The summed E-state index contributed by atoms with van der Waals surface area (Å²) in [6.45, 7) is 11.9. The van der Waals surface area contributed by atoms with Gasteiger partial charge in [-0.05, 0) is 39.5 Å². The number of nitrogens with zero attached hydrogens (tertiary/aromatic N) is 3. The van der Waals surface area contributed by atoms with E-state index >= 15 is 0 Å². The van der Waals surface area contributed by atoms with Gasteiger partial charge in [0.15, 0.2) is 5.96 Å². The van der Waals surface area contributed by atoms with Gasteiger partial charge in [-0.25, -0.2) is 0 Å². The molecule has 3 fully saturated rings. The lowest BCUT2D eigenvalue weighted by molar-refractivity contribution is -0.0353. The van der Waals surface area contributed by atoms with E-state index in [0.717, 1.165) is 38.8 Å². The van der Waals surface area contributed by atoms with Gasteiger partial charge in [-0.2, -0.15) is 0 Å². The molecule has 2 saturated heterocycles. The van der Waals surface area contributed by atoms with E-state index in [0.29, 0.717) is 12.1 Å². The SMILES string of the molecule is CN=C(NCC1(N2CCOCC2)CCCCC1)NC1CCN(C(C)C)CC1.I. The van der Waals surface area contributed by atoms with Crippen molar-refractivity contribution in [1.29, 1.82) is 0 Å². The van der Waals surface area contributed by atoms with Gasteiger partial charge in [0.2, 0.25) is 0 Å². The Bertz CT molecular complexity index is 467. The molecule has 0 radical (unpaired) electrons. The third kappa shape index (κ3) is 6.44. The molecule has 2 N–H and O–H groups in total. The van der Waals surface area contributed by atoms with Crippen molar-refractivity contribution in [3.8, 4) is 0 Å². The Balaban J connectivity index is 0.00000280. The molecule has 0 bridgehead atoms. The highest BCUT2D eigenvalue weighted by molar-refractivity contribution is 14.0. The summed E-state index contributed by atoms with van der Waals surface area (Å²) < 4.78 is 5.61. The lowest BCUT2D eigenvalue weighted by Crippen LogP contribution is -2.61. The van der Waals surface area contributed by atoms with Gasteiger partial charge >= 0.3 is 0 Å². The quantitative estimate of drug-likeness (QED) is 0.341. The van der Waals surface area contributed by atoms with Crippen molar-refractivity contribution in [2.75, 3.05) is 53.0 Å². The molecule has 0 aromatic heterocycles. The highest BCUT2D eigenvalue weighted by atomic mass is 127. The lowest BCUT2D eigenvalue weighted by atomic mass is 9.80. The van der Waals surface area contributed by atoms with Gasteiger partial charge in [-0.1, -0.05) is 19.3 Å². The molecule has 3 aliphatic rings. The van der Waals surface area contributed by atoms with Gasteiger partial charge in [-0.15, -0.1) is 24.0 Å². The molecular formula is C21H42IN5O. The molecule has 164 valence electrons. The van der Waals surface area contributed by atoms with Crippen molar-refractivity contribution in [3.63, 3.8) is 0 Å². The lowest BCUT2D eigenvalue weighted by Gasteiger charge is -2.48. The van der Waals surface area contributed by atoms with Gasteiger partial charge in [-0.3, -0.25) is 9.89 Å². The Morgan fingerprint density at radius 2 is 1.71 bits per heavy atom. The third-order valence-electron chi connectivity index (χ3n) is 6.88. The number of likely N-dealkylation sites (tertiary alicyclic amines) is 1. The fraction of sp³-hybridized carbons (Fsp3) is 0.952. The molecule has 0 spiro atoms. The van der Waals surface area contributed by atoms with Crippen LogP contribution in [-0.2, 0) is 4.74 Å². The summed E-state index contributed by atoms with van der Waals surface area (Å²) >= 11 is 0. The molecule has 3 rings (SSSR count). The number of nitrogens with one attached hydrogen (secondary N) is 2. The van der Waals surface area contributed by atoms with E-state index in [4.69, 9.17) is 4.74 Å². The first kappa shape index (κ1) is 24.2. The van der Waals surface area contributed by atoms with Crippen LogP contribution < -0.4 is 10.6 Å². The minimum atomic E-state index is 0. The second kappa shape index (κ2) is 11.9. The predicted molar refractivity (Wildman–Crippen MR) is 128 cm³/mol. The fourth-order valence-electron chi connectivity index (χ4n) is 5.05. The maximum Gasteiger partial charge on any atom is 0.191 e. The molecule has 0 atom stereocenters. The number of rotatable bonds is 5. The van der Waals surface area contributed by atoms with Crippen LogP contribution in [0.2, 0.25) is 0 Å². The second-order valence-corrected chi connectivity index (χ2v) is 8.86. The summed E-state index contributed by atoms with van der Waals surface area (Å²) in [6, 6.07) is 1.19. The summed E-state index contributed by atoms with van der Waals surface area (Å²) in [6.07, 6.45) is 9.07. The second-order valence-electron chi connectivity index (χ2n) is 8.86. The van der Waals surface area contributed by atoms with Crippen LogP contribution in [0.15, 0.2) is 4.99 Å². The Hall–Kier alpha value is -0.120. The zero-order valence-electron chi connectivity index (χ0n) is 18.2. The van der Waals surface area contributed by atoms with E-state index in [1.54, 1.807) is 0 Å². The third-order valence-corrected chi connectivity index (χ3v) is 6.88. The number of hydrogen-bond donors (Lipinski definition) is 2. The van der Waals surface area contributed by atoms with E-state index in [-0.39, 0.29) is 29.5 Å². The summed E-state index contributed by atoms with van der Waals surface area (Å²) in [4.78, 5) is 9.80. The van der Waals surface area contributed by atoms with Gasteiger partial charge in [0.05, 0.1) is 13.2 Å². The smallest absolute Gasteiger partial charge is 0.191 e. The molecule has 0 amide bonds. The Labute approximate surface area is 189 Å². The van der Waals surface area contributed by atoms with Crippen LogP contribution in [0.1, 0.15) is 58.8 Å². The van der Waals surface area contributed by atoms with Crippen molar-refractivity contribution in [2.24, 2.45) is 4.99 Å². The number of hydrogen-bond acceptors (Lipinski definition) is 4. The van der Waals surface area contributed by atoms with Crippen molar-refractivity contribution in [3.05, 3.63) is 0 Å². The molecule has 2 heterocycles. The van der Waals surface area contributed by atoms with Crippen molar-refractivity contribution in [1.82, 2.24) is 20.4 Å². The number of guanidine groups is 1. The number of ether oxygens (including phenoxy) is 1. The molecule has 2 aliphatic heterocycles. The van der Waals surface area contributed by atoms with Gasteiger partial charge in [0, 0.05) is 57.4 Å². The van der Waals surface area contributed by atoms with Crippen molar-refractivity contribution >= 4 is 29.9 Å². The number of halogens is 1. The summed E-state index contributed by atoms with van der Waals surface area (Å²) in [5.74, 6) is 0.983. The van der Waals surface area contributed by atoms with Crippen molar-refractivity contribution in [2.45, 2.75) is 76.4 Å². The zero-order chi connectivity index (χ0) is 19.1. The van der Waals surface area contributed by atoms with E-state index in [2.05, 4.69) is 39.3 Å². The molecule has 28 heavy (non-hydrogen) atoms. The Kier molecular flexibility index (Phi) is 10.3. The van der Waals surface area contributed by atoms with Gasteiger partial charge in [0.25, 0.3) is 0 Å². The van der Waals surface area contributed by atoms with E-state index in [1.807, 2.05) is 7.05 Å². The first-order valence-corrected chi connectivity index (χ1v) is 11.2. The zero-order valence-corrected chi connectivity index (χ0v) is 20.5. The molecule has 0 unspecified atom stereocenters. The summed E-state index contributed by atoms with van der Waals surface area (Å²) in [5.41, 5.74) is 0.278. The summed E-state index contributed by atoms with van der Waals surface area (Å²) in [7, 11) is 1.90. The average Bonchev–Trinajstić information content (AvgIpc) is 2.72. The predicted octanol–water partition coefficient (Wildman–Crippen LogP) is 2.68. The minimum Gasteiger partial charge on any atom is -0.379 e. The molecule has 7 heteroatoms. The molecule has 1 saturated carbocycles. The molecule has 0 aromatic carbocycles. The first-order valence-electron chi connectivity index (χ1n) is 11.2. The first-order chi connectivity index (χ1) is 13.1. The van der Waals surface area contributed by atoms with Crippen LogP contribution in [0.3, 0.4) is 0 Å². The normalized spacial score (nSPS) is 25.4. The maximum atomic E-state index is 5.61. The van der Waals surface area contributed by atoms with Crippen LogP contribution in [-0.4, -0.2) is 86.4 Å². The van der Waals surface area contributed by atoms with Gasteiger partial charge < -0.3 is 20.3 Å². The molecule has 1 aliphatic carbocycles. The number of morpholine rings is 1. The highest BCUT2D eigenvalue weighted by Gasteiger charge is 2.38. The Morgan fingerprint density at radius 1 is 1.07 bits per heavy atom. The van der Waals surface area contributed by atoms with Crippen LogP contribution >= 0.6 is 24.0 Å². The minimum absolute atomic E-state index is 0. The Morgan fingerprint density at radius 3 is 2.29 bits per heavy atom.